The number of benzene rings is 2. The van der Waals surface area contributed by atoms with Crippen LogP contribution in [0.25, 0.3) is 0 Å². The van der Waals surface area contributed by atoms with Gasteiger partial charge in [0.2, 0.25) is 0 Å². The molecule has 0 atom stereocenters. The zero-order valence-electron chi connectivity index (χ0n) is 14.9. The number of sulfonamides is 1. The first-order valence-corrected chi connectivity index (χ1v) is 10.6. The highest BCUT2D eigenvalue weighted by Gasteiger charge is 2.16. The first-order valence-electron chi connectivity index (χ1n) is 8.35. The molecule has 0 aliphatic rings. The molecule has 1 heterocycles. The van der Waals surface area contributed by atoms with Crippen LogP contribution in [-0.2, 0) is 16.6 Å². The number of aromatic nitrogens is 2. The van der Waals surface area contributed by atoms with Crippen molar-refractivity contribution in [1.29, 1.82) is 0 Å². The molecule has 0 aliphatic carbocycles. The lowest BCUT2D eigenvalue weighted by atomic mass is 10.0. The lowest BCUT2D eigenvalue weighted by Crippen LogP contribution is -2.14. The molecule has 0 spiro atoms. The van der Waals surface area contributed by atoms with E-state index in [1.165, 1.54) is 0 Å². The van der Waals surface area contributed by atoms with Crippen LogP contribution in [0.15, 0.2) is 59.6 Å². The van der Waals surface area contributed by atoms with Gasteiger partial charge in [-0.15, -0.1) is 0 Å². The van der Waals surface area contributed by atoms with E-state index in [0.29, 0.717) is 22.5 Å². The molecule has 0 bridgehead atoms. The van der Waals surface area contributed by atoms with Crippen LogP contribution in [0.2, 0.25) is 10.0 Å². The van der Waals surface area contributed by atoms with Crippen molar-refractivity contribution in [3.63, 3.8) is 0 Å². The minimum absolute atomic E-state index is 0.200. The molecular formula is C19H19Cl2N3O2S. The van der Waals surface area contributed by atoms with Crippen LogP contribution < -0.4 is 4.72 Å². The summed E-state index contributed by atoms with van der Waals surface area (Å²) < 4.78 is 29.2. The van der Waals surface area contributed by atoms with Crippen LogP contribution in [0.5, 0.6) is 0 Å². The molecule has 5 nitrogen and oxygen atoms in total. The third-order valence-corrected chi connectivity index (χ3v) is 6.17. The second-order valence-electron chi connectivity index (χ2n) is 6.48. The maximum Gasteiger partial charge on any atom is 0.263 e. The van der Waals surface area contributed by atoms with Gasteiger partial charge in [-0.25, -0.2) is 8.42 Å². The van der Waals surface area contributed by atoms with Crippen molar-refractivity contribution in [2.24, 2.45) is 0 Å². The van der Waals surface area contributed by atoms with E-state index < -0.39 is 10.0 Å². The standard InChI is InChI=1S/C19H19Cl2N3O2S/c1-13(2)15-4-6-16(7-5-15)27(25,26)23-19-9-10-24(22-19)12-14-3-8-17(20)18(21)11-14/h3-11,13H,12H2,1-2H3,(H,22,23). The van der Waals surface area contributed by atoms with E-state index in [1.54, 1.807) is 41.2 Å². The monoisotopic (exact) mass is 423 g/mol. The van der Waals surface area contributed by atoms with Crippen LogP contribution in [0, 0.1) is 0 Å². The predicted octanol–water partition coefficient (Wildman–Crippen LogP) is 5.16. The van der Waals surface area contributed by atoms with Crippen LogP contribution in [0.4, 0.5) is 5.82 Å². The maximum absolute atomic E-state index is 12.5. The summed E-state index contributed by atoms with van der Waals surface area (Å²) in [7, 11) is -3.69. The van der Waals surface area contributed by atoms with E-state index in [-0.39, 0.29) is 10.7 Å². The van der Waals surface area contributed by atoms with Crippen molar-refractivity contribution in [3.8, 4) is 0 Å². The minimum Gasteiger partial charge on any atom is -0.266 e. The zero-order chi connectivity index (χ0) is 19.6. The van der Waals surface area contributed by atoms with Crippen molar-refractivity contribution in [2.45, 2.75) is 31.2 Å². The Morgan fingerprint density at radius 2 is 1.74 bits per heavy atom. The topological polar surface area (TPSA) is 64.0 Å². The number of hydrogen-bond donors (Lipinski definition) is 1. The Labute approximate surface area is 169 Å². The van der Waals surface area contributed by atoms with Gasteiger partial charge in [-0.3, -0.25) is 9.40 Å². The molecule has 0 unspecified atom stereocenters. The van der Waals surface area contributed by atoms with Crippen molar-refractivity contribution in [3.05, 3.63) is 75.9 Å². The average Bonchev–Trinajstić information content (AvgIpc) is 3.04. The second kappa shape index (κ2) is 7.92. The summed E-state index contributed by atoms with van der Waals surface area (Å²) in [5, 5.41) is 5.21. The third kappa shape index (κ3) is 4.83. The summed E-state index contributed by atoms with van der Waals surface area (Å²) in [6.45, 7) is 4.56. The van der Waals surface area contributed by atoms with Gasteiger partial charge in [-0.05, 0) is 41.3 Å². The van der Waals surface area contributed by atoms with E-state index in [4.69, 9.17) is 23.2 Å². The number of nitrogens with zero attached hydrogens (tertiary/aromatic N) is 2. The number of nitrogens with one attached hydrogen (secondary N) is 1. The van der Waals surface area contributed by atoms with Gasteiger partial charge in [0.15, 0.2) is 5.82 Å². The highest BCUT2D eigenvalue weighted by molar-refractivity contribution is 7.92. The molecule has 0 saturated heterocycles. The molecular weight excluding hydrogens is 405 g/mol. The van der Waals surface area contributed by atoms with Crippen LogP contribution >= 0.6 is 23.2 Å². The number of halogens is 2. The summed E-state index contributed by atoms with van der Waals surface area (Å²) in [6, 6.07) is 13.8. The van der Waals surface area contributed by atoms with Crippen LogP contribution in [-0.4, -0.2) is 18.2 Å². The molecule has 0 aliphatic heterocycles. The lowest BCUT2D eigenvalue weighted by molar-refractivity contribution is 0.600. The van der Waals surface area contributed by atoms with Crippen molar-refractivity contribution in [1.82, 2.24) is 9.78 Å². The molecule has 2 aromatic carbocycles. The van der Waals surface area contributed by atoms with Gasteiger partial charge in [0.05, 0.1) is 21.5 Å². The molecule has 3 aromatic rings. The van der Waals surface area contributed by atoms with Crippen molar-refractivity contribution >= 4 is 39.0 Å². The minimum atomic E-state index is -3.69. The molecule has 142 valence electrons. The zero-order valence-corrected chi connectivity index (χ0v) is 17.2. The first-order chi connectivity index (χ1) is 12.7. The molecule has 0 saturated carbocycles. The number of anilines is 1. The Morgan fingerprint density at radius 1 is 1.04 bits per heavy atom. The van der Waals surface area contributed by atoms with Gasteiger partial charge in [0, 0.05) is 12.3 Å². The van der Waals surface area contributed by atoms with Crippen molar-refractivity contribution < 1.29 is 8.42 Å². The van der Waals surface area contributed by atoms with Crippen LogP contribution in [0.1, 0.15) is 30.9 Å². The SMILES string of the molecule is CC(C)c1ccc(S(=O)(=O)Nc2ccn(Cc3ccc(Cl)c(Cl)c3)n2)cc1. The summed E-state index contributed by atoms with van der Waals surface area (Å²) in [6.07, 6.45) is 1.70. The summed E-state index contributed by atoms with van der Waals surface area (Å²) in [4.78, 5) is 0.200. The molecule has 0 fully saturated rings. The normalized spacial score (nSPS) is 11.7. The molecule has 8 heteroatoms. The Bertz CT molecular complexity index is 1050. The molecule has 0 radical (unpaired) electrons. The third-order valence-electron chi connectivity index (χ3n) is 4.07. The fourth-order valence-electron chi connectivity index (χ4n) is 2.56. The first kappa shape index (κ1) is 19.7. The number of hydrogen-bond acceptors (Lipinski definition) is 3. The van der Waals surface area contributed by atoms with E-state index >= 15 is 0 Å². The summed E-state index contributed by atoms with van der Waals surface area (Å²) in [5.74, 6) is 0.592. The Hall–Kier alpha value is -2.02. The Morgan fingerprint density at radius 3 is 2.37 bits per heavy atom. The maximum atomic E-state index is 12.5. The molecule has 27 heavy (non-hydrogen) atoms. The van der Waals surface area contributed by atoms with Crippen molar-refractivity contribution in [2.75, 3.05) is 4.72 Å². The summed E-state index contributed by atoms with van der Waals surface area (Å²) >= 11 is 11.9. The van der Waals surface area contributed by atoms with Gasteiger partial charge in [0.1, 0.15) is 0 Å². The van der Waals surface area contributed by atoms with Gasteiger partial charge in [-0.2, -0.15) is 5.10 Å². The fourth-order valence-corrected chi connectivity index (χ4v) is 3.87. The smallest absolute Gasteiger partial charge is 0.263 e. The Kier molecular flexibility index (Phi) is 5.79. The largest absolute Gasteiger partial charge is 0.266 e. The summed E-state index contributed by atoms with van der Waals surface area (Å²) in [5.41, 5.74) is 1.99. The molecule has 1 aromatic heterocycles. The highest BCUT2D eigenvalue weighted by Crippen LogP contribution is 2.23. The number of rotatable bonds is 6. The quantitative estimate of drug-likeness (QED) is 0.594. The van der Waals surface area contributed by atoms with Gasteiger partial charge in [-0.1, -0.05) is 55.2 Å². The molecule has 1 N–H and O–H groups in total. The van der Waals surface area contributed by atoms with E-state index in [9.17, 15) is 8.42 Å². The van der Waals surface area contributed by atoms with E-state index in [2.05, 4.69) is 23.7 Å². The van der Waals surface area contributed by atoms with E-state index in [0.717, 1.165) is 11.1 Å². The van der Waals surface area contributed by atoms with Gasteiger partial charge in [0.25, 0.3) is 10.0 Å². The van der Waals surface area contributed by atoms with E-state index in [1.807, 2.05) is 18.2 Å². The van der Waals surface area contributed by atoms with Crippen LogP contribution in [0.3, 0.4) is 0 Å². The predicted molar refractivity (Wildman–Crippen MR) is 109 cm³/mol. The lowest BCUT2D eigenvalue weighted by Gasteiger charge is -2.08. The average molecular weight is 424 g/mol. The highest BCUT2D eigenvalue weighted by atomic mass is 35.5. The molecule has 3 rings (SSSR count). The van der Waals surface area contributed by atoms with Gasteiger partial charge < -0.3 is 0 Å². The molecule has 0 amide bonds. The van der Waals surface area contributed by atoms with Gasteiger partial charge >= 0.3 is 0 Å². The Balaban J connectivity index is 1.73. The second-order valence-corrected chi connectivity index (χ2v) is 8.97. The fraction of sp³-hybridized carbons (Fsp3) is 0.211.